The fourth-order valence-corrected chi connectivity index (χ4v) is 3.28. The van der Waals surface area contributed by atoms with Gasteiger partial charge in [-0.25, -0.2) is 9.37 Å². The van der Waals surface area contributed by atoms with Crippen LogP contribution >= 0.6 is 11.6 Å². The van der Waals surface area contributed by atoms with Crippen LogP contribution in [0.5, 0.6) is 5.75 Å². The number of hydrogen-bond acceptors (Lipinski definition) is 5. The van der Waals surface area contributed by atoms with Crippen molar-refractivity contribution in [2.24, 2.45) is 0 Å². The summed E-state index contributed by atoms with van der Waals surface area (Å²) >= 11 is 5.93. The van der Waals surface area contributed by atoms with Gasteiger partial charge in [0.05, 0.1) is 24.4 Å². The number of nitrogens with zero attached hydrogens (tertiary/aromatic N) is 3. The lowest BCUT2D eigenvalue weighted by Crippen LogP contribution is -2.26. The zero-order valence-electron chi connectivity index (χ0n) is 17.2. The van der Waals surface area contributed by atoms with Crippen LogP contribution in [0.15, 0.2) is 65.0 Å². The van der Waals surface area contributed by atoms with Crippen LogP contribution in [0.4, 0.5) is 4.39 Å². The van der Waals surface area contributed by atoms with E-state index in [1.807, 2.05) is 6.92 Å². The van der Waals surface area contributed by atoms with Crippen molar-refractivity contribution in [1.29, 1.82) is 0 Å². The van der Waals surface area contributed by atoms with Crippen LogP contribution in [0.3, 0.4) is 0 Å². The summed E-state index contributed by atoms with van der Waals surface area (Å²) in [7, 11) is 1.35. The molecule has 0 radical (unpaired) electrons. The Morgan fingerprint density at radius 2 is 2.10 bits per heavy atom. The topological polar surface area (TPSA) is 70.2 Å². The quantitative estimate of drug-likeness (QED) is 0.457. The third-order valence-electron chi connectivity index (χ3n) is 4.59. The van der Waals surface area contributed by atoms with Crippen molar-refractivity contribution in [3.8, 4) is 17.1 Å². The Labute approximate surface area is 183 Å². The average molecular weight is 442 g/mol. The van der Waals surface area contributed by atoms with E-state index in [1.165, 1.54) is 29.9 Å². The minimum Gasteiger partial charge on any atom is -0.494 e. The molecule has 0 fully saturated rings. The maximum atomic E-state index is 13.9. The van der Waals surface area contributed by atoms with Gasteiger partial charge in [-0.05, 0) is 17.7 Å². The fraction of sp³-hybridized carbons (Fsp3) is 0.174. The van der Waals surface area contributed by atoms with Crippen LogP contribution in [0, 0.1) is 5.82 Å². The Morgan fingerprint density at radius 3 is 2.74 bits per heavy atom. The predicted octanol–water partition coefficient (Wildman–Crippen LogP) is 5.07. The number of rotatable bonds is 8. The molecule has 0 aliphatic rings. The summed E-state index contributed by atoms with van der Waals surface area (Å²) in [5.74, 6) is 0.307. The van der Waals surface area contributed by atoms with Gasteiger partial charge >= 0.3 is 0 Å². The standard InChI is InChI=1S/C23H21ClFN3O3/c1-5-8-14(6-2)18-12-22(29)28(21(7-3)26-18)13-16-11-19(31-27-16)15-9-17(24)23(25)20(10-15)30-4/h5-6,8-12H,1-2,7,13H2,3-4H3/b14-8+. The summed E-state index contributed by atoms with van der Waals surface area (Å²) < 4.78 is 25.8. The number of hydrogen-bond donors (Lipinski definition) is 0. The normalized spacial score (nSPS) is 11.4. The number of allylic oxidation sites excluding steroid dienone is 4. The molecule has 0 aliphatic heterocycles. The smallest absolute Gasteiger partial charge is 0.254 e. The molecule has 0 bridgehead atoms. The van der Waals surface area contributed by atoms with Crippen LogP contribution in [0.2, 0.25) is 5.02 Å². The van der Waals surface area contributed by atoms with E-state index in [0.717, 1.165) is 0 Å². The van der Waals surface area contributed by atoms with E-state index in [9.17, 15) is 9.18 Å². The largest absolute Gasteiger partial charge is 0.494 e. The Balaban J connectivity index is 1.96. The molecule has 0 spiro atoms. The van der Waals surface area contributed by atoms with Gasteiger partial charge in [-0.3, -0.25) is 9.36 Å². The van der Waals surface area contributed by atoms with Gasteiger partial charge in [-0.15, -0.1) is 0 Å². The molecule has 8 heteroatoms. The number of aryl methyl sites for hydroxylation is 1. The van der Waals surface area contributed by atoms with Crippen molar-refractivity contribution in [2.45, 2.75) is 19.9 Å². The summed E-state index contributed by atoms with van der Waals surface area (Å²) in [5, 5.41) is 3.94. The van der Waals surface area contributed by atoms with E-state index >= 15 is 0 Å². The van der Waals surface area contributed by atoms with Crippen molar-refractivity contribution >= 4 is 17.2 Å². The highest BCUT2D eigenvalue weighted by Gasteiger charge is 2.16. The van der Waals surface area contributed by atoms with Crippen molar-refractivity contribution < 1.29 is 13.7 Å². The Bertz CT molecular complexity index is 1230. The van der Waals surface area contributed by atoms with Crippen molar-refractivity contribution in [1.82, 2.24) is 14.7 Å². The Hall–Kier alpha value is -3.45. The molecule has 0 saturated carbocycles. The summed E-state index contributed by atoms with van der Waals surface area (Å²) in [4.78, 5) is 17.4. The van der Waals surface area contributed by atoms with Crippen molar-refractivity contribution in [2.75, 3.05) is 7.11 Å². The Morgan fingerprint density at radius 1 is 1.32 bits per heavy atom. The molecule has 0 saturated heterocycles. The second-order valence-corrected chi connectivity index (χ2v) is 6.96. The summed E-state index contributed by atoms with van der Waals surface area (Å²) in [6, 6.07) is 6.00. The summed E-state index contributed by atoms with van der Waals surface area (Å²) in [6.45, 7) is 9.50. The lowest BCUT2D eigenvalue weighted by molar-refractivity contribution is 0.386. The van der Waals surface area contributed by atoms with E-state index in [0.29, 0.717) is 40.5 Å². The van der Waals surface area contributed by atoms with E-state index in [2.05, 4.69) is 23.3 Å². The molecule has 160 valence electrons. The molecular weight excluding hydrogens is 421 g/mol. The zero-order chi connectivity index (χ0) is 22.5. The molecule has 0 aliphatic carbocycles. The molecule has 1 aromatic carbocycles. The van der Waals surface area contributed by atoms with Crippen LogP contribution < -0.4 is 10.3 Å². The van der Waals surface area contributed by atoms with E-state index in [4.69, 9.17) is 20.9 Å². The highest BCUT2D eigenvalue weighted by molar-refractivity contribution is 6.31. The molecule has 0 unspecified atom stereocenters. The molecule has 0 atom stereocenters. The maximum absolute atomic E-state index is 13.9. The molecule has 0 N–H and O–H groups in total. The van der Waals surface area contributed by atoms with E-state index in [1.54, 1.807) is 24.3 Å². The van der Waals surface area contributed by atoms with Gasteiger partial charge in [-0.2, -0.15) is 0 Å². The number of halogens is 2. The van der Waals surface area contributed by atoms with Crippen LogP contribution in [0.1, 0.15) is 24.1 Å². The van der Waals surface area contributed by atoms with Crippen molar-refractivity contribution in [3.63, 3.8) is 0 Å². The lowest BCUT2D eigenvalue weighted by Gasteiger charge is -2.11. The van der Waals surface area contributed by atoms with E-state index < -0.39 is 5.82 Å². The maximum Gasteiger partial charge on any atom is 0.254 e. The van der Waals surface area contributed by atoms with Crippen LogP contribution in [0.25, 0.3) is 16.9 Å². The van der Waals surface area contributed by atoms with Crippen LogP contribution in [-0.2, 0) is 13.0 Å². The molecule has 2 heterocycles. The third kappa shape index (κ3) is 4.67. The predicted molar refractivity (Wildman–Crippen MR) is 119 cm³/mol. The molecular formula is C23H21ClFN3O3. The average Bonchev–Trinajstić information content (AvgIpc) is 3.23. The Kier molecular flexibility index (Phi) is 6.87. The first-order chi connectivity index (χ1) is 14.9. The van der Waals surface area contributed by atoms with Gasteiger partial charge in [0.15, 0.2) is 17.3 Å². The highest BCUT2D eigenvalue weighted by Crippen LogP contribution is 2.32. The zero-order valence-corrected chi connectivity index (χ0v) is 17.9. The number of ether oxygens (including phenoxy) is 1. The number of benzene rings is 1. The lowest BCUT2D eigenvalue weighted by atomic mass is 10.1. The van der Waals surface area contributed by atoms with Crippen molar-refractivity contribution in [3.05, 3.63) is 94.1 Å². The molecule has 31 heavy (non-hydrogen) atoms. The highest BCUT2D eigenvalue weighted by atomic mass is 35.5. The fourth-order valence-electron chi connectivity index (χ4n) is 3.06. The minimum atomic E-state index is -0.651. The van der Waals surface area contributed by atoms with E-state index in [-0.39, 0.29) is 22.9 Å². The first-order valence-corrected chi connectivity index (χ1v) is 9.84. The van der Waals surface area contributed by atoms with Gasteiger partial charge in [0.25, 0.3) is 5.56 Å². The SMILES string of the molecule is C=C/C=C(\C=C)c1cc(=O)n(Cc2cc(-c3cc(Cl)c(F)c(OC)c3)on2)c(CC)n1. The second-order valence-electron chi connectivity index (χ2n) is 6.55. The molecule has 6 nitrogen and oxygen atoms in total. The first-order valence-electron chi connectivity index (χ1n) is 9.47. The monoisotopic (exact) mass is 441 g/mol. The van der Waals surface area contributed by atoms with Gasteiger partial charge in [0.2, 0.25) is 0 Å². The second kappa shape index (κ2) is 9.57. The number of aromatic nitrogens is 3. The molecule has 3 rings (SSSR count). The summed E-state index contributed by atoms with van der Waals surface area (Å²) in [6.07, 6.45) is 5.52. The summed E-state index contributed by atoms with van der Waals surface area (Å²) in [5.41, 5.74) is 2.02. The van der Waals surface area contributed by atoms with Gasteiger partial charge < -0.3 is 9.26 Å². The molecule has 3 aromatic rings. The first kappa shape index (κ1) is 22.2. The number of methoxy groups -OCH3 is 1. The minimum absolute atomic E-state index is 0.00432. The third-order valence-corrected chi connectivity index (χ3v) is 4.87. The molecule has 2 aromatic heterocycles. The van der Waals surface area contributed by atoms with Gasteiger partial charge in [-0.1, -0.05) is 55.1 Å². The van der Waals surface area contributed by atoms with Gasteiger partial charge in [0, 0.05) is 24.1 Å². The van der Waals surface area contributed by atoms with Gasteiger partial charge in [0.1, 0.15) is 11.5 Å². The molecule has 0 amide bonds. The van der Waals surface area contributed by atoms with Crippen LogP contribution in [-0.4, -0.2) is 21.8 Å².